The van der Waals surface area contributed by atoms with Crippen LogP contribution in [0.5, 0.6) is 0 Å². The van der Waals surface area contributed by atoms with Gasteiger partial charge >= 0.3 is 0 Å². The smallest absolute Gasteiger partial charge is 0.0646 e. The molecule has 2 aromatic carbocycles. The molecule has 1 aliphatic heterocycles. The first-order valence-corrected chi connectivity index (χ1v) is 10.1. The summed E-state index contributed by atoms with van der Waals surface area (Å²) in [6, 6.07) is 23.7. The van der Waals surface area contributed by atoms with Gasteiger partial charge in [0.1, 0.15) is 0 Å². The van der Waals surface area contributed by atoms with Gasteiger partial charge in [-0.1, -0.05) is 48.5 Å². The Kier molecular flexibility index (Phi) is 5.34. The molecule has 0 radical (unpaired) electrons. The molecule has 0 amide bonds. The van der Waals surface area contributed by atoms with Gasteiger partial charge in [-0.05, 0) is 34.7 Å². The van der Waals surface area contributed by atoms with E-state index < -0.39 is 0 Å². The lowest BCUT2D eigenvalue weighted by atomic mass is 10.1. The molecule has 1 saturated heterocycles. The minimum atomic E-state index is -0.0215. The topological polar surface area (TPSA) is 32.5 Å². The Morgan fingerprint density at radius 3 is 2.23 bits per heavy atom. The third-order valence-electron chi connectivity index (χ3n) is 5.09. The van der Waals surface area contributed by atoms with Crippen LogP contribution in [0.1, 0.15) is 22.0 Å². The lowest BCUT2D eigenvalue weighted by Gasteiger charge is -2.36. The first kappa shape index (κ1) is 17.3. The Morgan fingerprint density at radius 1 is 0.846 bits per heavy atom. The Hall–Kier alpha value is -2.14. The first-order valence-electron chi connectivity index (χ1n) is 9.20. The molecule has 0 spiro atoms. The third kappa shape index (κ3) is 3.98. The second kappa shape index (κ2) is 8.04. The lowest BCUT2D eigenvalue weighted by Crippen LogP contribution is -2.45. The highest BCUT2D eigenvalue weighted by Gasteiger charge is 2.18. The summed E-state index contributed by atoms with van der Waals surface area (Å²) in [4.78, 5) is 6.22. The summed E-state index contributed by atoms with van der Waals surface area (Å²) in [5, 5.41) is 2.08. The standard InChI is InChI=1S/C22H25N3S/c23-22(21-7-4-16-26-21)19-8-10-20(11-9-19)25-14-12-24(13-15-25)17-18-5-2-1-3-6-18/h1-11,16,22H,12-15,17,23H2. The van der Waals surface area contributed by atoms with Gasteiger partial charge in [-0.15, -0.1) is 11.3 Å². The second-order valence-corrected chi connectivity index (χ2v) is 7.81. The largest absolute Gasteiger partial charge is 0.369 e. The van der Waals surface area contributed by atoms with Gasteiger partial charge in [-0.3, -0.25) is 4.90 Å². The van der Waals surface area contributed by atoms with Crippen molar-refractivity contribution in [1.82, 2.24) is 4.90 Å². The maximum absolute atomic E-state index is 6.37. The summed E-state index contributed by atoms with van der Waals surface area (Å²) in [6.07, 6.45) is 0. The average Bonchev–Trinajstić information content (AvgIpc) is 3.24. The van der Waals surface area contributed by atoms with E-state index in [4.69, 9.17) is 5.73 Å². The number of piperazine rings is 1. The van der Waals surface area contributed by atoms with Crippen molar-refractivity contribution in [2.45, 2.75) is 12.6 Å². The maximum atomic E-state index is 6.37. The molecule has 1 fully saturated rings. The molecular formula is C22H25N3S. The molecule has 26 heavy (non-hydrogen) atoms. The Labute approximate surface area is 159 Å². The second-order valence-electron chi connectivity index (χ2n) is 6.83. The lowest BCUT2D eigenvalue weighted by molar-refractivity contribution is 0.250. The SMILES string of the molecule is NC(c1ccc(N2CCN(Cc3ccccc3)CC2)cc1)c1cccs1. The summed E-state index contributed by atoms with van der Waals surface area (Å²) in [6.45, 7) is 5.40. The van der Waals surface area contributed by atoms with Crippen molar-refractivity contribution in [3.63, 3.8) is 0 Å². The molecule has 0 aliphatic carbocycles. The van der Waals surface area contributed by atoms with E-state index >= 15 is 0 Å². The molecule has 2 heterocycles. The number of nitrogens with zero attached hydrogens (tertiary/aromatic N) is 2. The fraction of sp³-hybridized carbons (Fsp3) is 0.273. The van der Waals surface area contributed by atoms with Crippen molar-refractivity contribution in [3.8, 4) is 0 Å². The predicted molar refractivity (Wildman–Crippen MR) is 111 cm³/mol. The quantitative estimate of drug-likeness (QED) is 0.740. The van der Waals surface area contributed by atoms with E-state index in [-0.39, 0.29) is 6.04 Å². The van der Waals surface area contributed by atoms with E-state index in [9.17, 15) is 0 Å². The number of benzene rings is 2. The normalized spacial score (nSPS) is 16.6. The molecule has 3 aromatic rings. The Morgan fingerprint density at radius 2 is 1.58 bits per heavy atom. The van der Waals surface area contributed by atoms with Crippen molar-refractivity contribution in [2.75, 3.05) is 31.1 Å². The van der Waals surface area contributed by atoms with Crippen LogP contribution in [-0.2, 0) is 6.54 Å². The van der Waals surface area contributed by atoms with Crippen molar-refractivity contribution in [1.29, 1.82) is 0 Å². The Balaban J connectivity index is 1.34. The van der Waals surface area contributed by atoms with Crippen LogP contribution in [0.4, 0.5) is 5.69 Å². The fourth-order valence-electron chi connectivity index (χ4n) is 3.53. The van der Waals surface area contributed by atoms with Crippen molar-refractivity contribution < 1.29 is 0 Å². The third-order valence-corrected chi connectivity index (χ3v) is 6.04. The monoisotopic (exact) mass is 363 g/mol. The number of hydrogen-bond acceptors (Lipinski definition) is 4. The molecule has 134 valence electrons. The molecule has 2 N–H and O–H groups in total. The van der Waals surface area contributed by atoms with Crippen molar-refractivity contribution in [2.24, 2.45) is 5.73 Å². The van der Waals surface area contributed by atoms with Crippen LogP contribution < -0.4 is 10.6 Å². The van der Waals surface area contributed by atoms with Crippen LogP contribution in [0.25, 0.3) is 0 Å². The maximum Gasteiger partial charge on any atom is 0.0646 e. The van der Waals surface area contributed by atoms with E-state index in [2.05, 4.69) is 81.9 Å². The van der Waals surface area contributed by atoms with Crippen LogP contribution in [0.15, 0.2) is 72.1 Å². The molecule has 3 nitrogen and oxygen atoms in total. The van der Waals surface area contributed by atoms with Gasteiger partial charge in [-0.2, -0.15) is 0 Å². The minimum Gasteiger partial charge on any atom is -0.369 e. The molecule has 0 bridgehead atoms. The molecule has 1 atom stereocenters. The van der Waals surface area contributed by atoms with Gasteiger partial charge in [0, 0.05) is 43.3 Å². The summed E-state index contributed by atoms with van der Waals surface area (Å²) < 4.78 is 0. The van der Waals surface area contributed by atoms with Crippen molar-refractivity contribution >= 4 is 17.0 Å². The van der Waals surface area contributed by atoms with Gasteiger partial charge in [0.05, 0.1) is 6.04 Å². The van der Waals surface area contributed by atoms with Gasteiger partial charge < -0.3 is 10.6 Å². The van der Waals surface area contributed by atoms with Crippen LogP contribution in [0.2, 0.25) is 0 Å². The van der Waals surface area contributed by atoms with Gasteiger partial charge in [0.2, 0.25) is 0 Å². The summed E-state index contributed by atoms with van der Waals surface area (Å²) >= 11 is 1.72. The van der Waals surface area contributed by atoms with Gasteiger partial charge in [0.25, 0.3) is 0 Å². The van der Waals surface area contributed by atoms with E-state index in [1.54, 1.807) is 11.3 Å². The van der Waals surface area contributed by atoms with Crippen LogP contribution in [0.3, 0.4) is 0 Å². The van der Waals surface area contributed by atoms with Crippen molar-refractivity contribution in [3.05, 3.63) is 88.1 Å². The zero-order valence-electron chi connectivity index (χ0n) is 14.9. The molecule has 4 rings (SSSR count). The number of thiophene rings is 1. The summed E-state index contributed by atoms with van der Waals surface area (Å²) in [5.41, 5.74) is 10.2. The van der Waals surface area contributed by atoms with Crippen LogP contribution in [0, 0.1) is 0 Å². The summed E-state index contributed by atoms with van der Waals surface area (Å²) in [5.74, 6) is 0. The molecular weight excluding hydrogens is 338 g/mol. The zero-order chi connectivity index (χ0) is 17.8. The van der Waals surface area contributed by atoms with E-state index in [1.165, 1.54) is 21.7 Å². The van der Waals surface area contributed by atoms with Crippen LogP contribution >= 0.6 is 11.3 Å². The number of anilines is 1. The van der Waals surface area contributed by atoms with Gasteiger partial charge in [0.15, 0.2) is 0 Å². The number of hydrogen-bond donors (Lipinski definition) is 1. The molecule has 0 saturated carbocycles. The minimum absolute atomic E-state index is 0.0215. The average molecular weight is 364 g/mol. The number of nitrogens with two attached hydrogens (primary N) is 1. The summed E-state index contributed by atoms with van der Waals surface area (Å²) in [7, 11) is 0. The number of rotatable bonds is 5. The predicted octanol–water partition coefficient (Wildman–Crippen LogP) is 4.12. The molecule has 1 aliphatic rings. The highest BCUT2D eigenvalue weighted by Crippen LogP contribution is 2.26. The highest BCUT2D eigenvalue weighted by molar-refractivity contribution is 7.10. The van der Waals surface area contributed by atoms with E-state index in [0.29, 0.717) is 0 Å². The van der Waals surface area contributed by atoms with E-state index in [1.807, 2.05) is 0 Å². The zero-order valence-corrected chi connectivity index (χ0v) is 15.7. The highest BCUT2D eigenvalue weighted by atomic mass is 32.1. The molecule has 4 heteroatoms. The van der Waals surface area contributed by atoms with E-state index in [0.717, 1.165) is 32.7 Å². The van der Waals surface area contributed by atoms with Gasteiger partial charge in [-0.25, -0.2) is 0 Å². The Bertz CT molecular complexity index is 791. The van der Waals surface area contributed by atoms with Crippen LogP contribution in [-0.4, -0.2) is 31.1 Å². The molecule has 1 aromatic heterocycles. The first-order chi connectivity index (χ1) is 12.8. The fourth-order valence-corrected chi connectivity index (χ4v) is 4.28. The molecule has 1 unspecified atom stereocenters.